The van der Waals surface area contributed by atoms with Gasteiger partial charge >= 0.3 is 0 Å². The van der Waals surface area contributed by atoms with Gasteiger partial charge in [-0.05, 0) is 36.3 Å². The molecule has 1 fully saturated rings. The molecule has 19 heavy (non-hydrogen) atoms. The van der Waals surface area contributed by atoms with Crippen molar-refractivity contribution in [2.45, 2.75) is 32.3 Å². The summed E-state index contributed by atoms with van der Waals surface area (Å²) in [5, 5.41) is 12.1. The number of rotatable bonds is 6. The molecule has 0 atom stereocenters. The molecule has 4 N–H and O–H groups in total. The van der Waals surface area contributed by atoms with Crippen LogP contribution in [-0.2, 0) is 13.0 Å². The fraction of sp³-hybridized carbons (Fsp3) is 0.533. The summed E-state index contributed by atoms with van der Waals surface area (Å²) in [7, 11) is 0. The molecule has 1 aliphatic rings. The van der Waals surface area contributed by atoms with E-state index in [1.807, 2.05) is 24.3 Å². The summed E-state index contributed by atoms with van der Waals surface area (Å²) in [5.74, 6) is 1.31. The lowest BCUT2D eigenvalue weighted by atomic mass is 9.86. The maximum Gasteiger partial charge on any atom is 0.188 e. The average Bonchev–Trinajstić information content (AvgIpc) is 2.38. The molecule has 0 spiro atoms. The fourth-order valence-corrected chi connectivity index (χ4v) is 2.10. The molecule has 4 heteroatoms. The molecule has 4 nitrogen and oxygen atoms in total. The molecule has 0 radical (unpaired) electrons. The van der Waals surface area contributed by atoms with Gasteiger partial charge in [-0.3, -0.25) is 4.99 Å². The molecule has 0 aromatic heterocycles. The number of nitrogens with zero attached hydrogens (tertiary/aromatic N) is 1. The summed E-state index contributed by atoms with van der Waals surface area (Å²) in [6, 6.07) is 7.97. The summed E-state index contributed by atoms with van der Waals surface area (Å²) < 4.78 is 0. The second kappa shape index (κ2) is 7.14. The van der Waals surface area contributed by atoms with Crippen molar-refractivity contribution in [1.82, 2.24) is 5.32 Å². The highest BCUT2D eigenvalue weighted by molar-refractivity contribution is 5.77. The van der Waals surface area contributed by atoms with Gasteiger partial charge in [-0.25, -0.2) is 0 Å². The zero-order chi connectivity index (χ0) is 13.5. The lowest BCUT2D eigenvalue weighted by molar-refractivity contribution is 0.282. The zero-order valence-electron chi connectivity index (χ0n) is 11.3. The lowest BCUT2D eigenvalue weighted by Crippen LogP contribution is -2.34. The molecule has 0 saturated heterocycles. The van der Waals surface area contributed by atoms with Crippen LogP contribution in [0.3, 0.4) is 0 Å². The number of guanidine groups is 1. The van der Waals surface area contributed by atoms with Gasteiger partial charge in [0.25, 0.3) is 0 Å². The van der Waals surface area contributed by atoms with Crippen LogP contribution in [0.5, 0.6) is 0 Å². The monoisotopic (exact) mass is 261 g/mol. The molecular formula is C15H23N3O. The van der Waals surface area contributed by atoms with Crippen molar-refractivity contribution in [3.63, 3.8) is 0 Å². The summed E-state index contributed by atoms with van der Waals surface area (Å²) in [6.45, 7) is 1.75. The van der Waals surface area contributed by atoms with Gasteiger partial charge in [-0.1, -0.05) is 30.7 Å². The smallest absolute Gasteiger partial charge is 0.188 e. The van der Waals surface area contributed by atoms with Crippen molar-refractivity contribution in [3.8, 4) is 0 Å². The maximum atomic E-state index is 8.96. The fourth-order valence-electron chi connectivity index (χ4n) is 2.10. The van der Waals surface area contributed by atoms with Crippen molar-refractivity contribution in [1.29, 1.82) is 0 Å². The first-order valence-corrected chi connectivity index (χ1v) is 7.00. The summed E-state index contributed by atoms with van der Waals surface area (Å²) in [5.41, 5.74) is 7.99. The van der Waals surface area contributed by atoms with E-state index in [1.165, 1.54) is 24.8 Å². The lowest BCUT2D eigenvalue weighted by Gasteiger charge is -2.23. The normalized spacial score (nSPS) is 16.2. The average molecular weight is 261 g/mol. The van der Waals surface area contributed by atoms with Crippen LogP contribution in [0.1, 0.15) is 30.4 Å². The van der Waals surface area contributed by atoms with Crippen LogP contribution in [0.2, 0.25) is 0 Å². The van der Waals surface area contributed by atoms with E-state index in [-0.39, 0.29) is 6.61 Å². The Morgan fingerprint density at radius 2 is 1.95 bits per heavy atom. The first-order chi connectivity index (χ1) is 9.28. The summed E-state index contributed by atoms with van der Waals surface area (Å²) in [6.07, 6.45) is 4.85. The topological polar surface area (TPSA) is 70.6 Å². The number of aliphatic imine (C=N–C) groups is 1. The number of aliphatic hydroxyl groups excluding tert-OH is 1. The summed E-state index contributed by atoms with van der Waals surface area (Å²) >= 11 is 0. The van der Waals surface area contributed by atoms with Crippen molar-refractivity contribution < 1.29 is 5.11 Å². The van der Waals surface area contributed by atoms with E-state index in [2.05, 4.69) is 10.3 Å². The largest absolute Gasteiger partial charge is 0.392 e. The molecule has 1 aromatic rings. The molecule has 0 bridgehead atoms. The molecule has 0 aliphatic heterocycles. The highest BCUT2D eigenvalue weighted by atomic mass is 16.3. The number of aliphatic hydroxyl groups is 1. The number of nitrogens with two attached hydrogens (primary N) is 1. The standard InChI is InChI=1S/C15H23N3O/c16-15(18-10-13-2-1-3-13)17-9-8-12-4-6-14(11-19)7-5-12/h4-7,13,19H,1-3,8-11H2,(H3,16,17,18). The van der Waals surface area contributed by atoms with Crippen LogP contribution >= 0.6 is 0 Å². The van der Waals surface area contributed by atoms with E-state index < -0.39 is 0 Å². The molecule has 104 valence electrons. The molecular weight excluding hydrogens is 238 g/mol. The third kappa shape index (κ3) is 4.56. The van der Waals surface area contributed by atoms with Gasteiger partial charge in [0.05, 0.1) is 6.61 Å². The Morgan fingerprint density at radius 1 is 1.26 bits per heavy atom. The SMILES string of the molecule is NC(=NCC1CCC1)NCCc1ccc(CO)cc1. The molecule has 1 aromatic carbocycles. The van der Waals surface area contributed by atoms with Crippen LogP contribution in [0.25, 0.3) is 0 Å². The Hall–Kier alpha value is -1.55. The van der Waals surface area contributed by atoms with Gasteiger partial charge < -0.3 is 16.2 Å². The van der Waals surface area contributed by atoms with E-state index in [9.17, 15) is 0 Å². The second-order valence-corrected chi connectivity index (χ2v) is 5.17. The molecule has 0 amide bonds. The van der Waals surface area contributed by atoms with Crippen LogP contribution < -0.4 is 11.1 Å². The molecule has 1 saturated carbocycles. The van der Waals surface area contributed by atoms with E-state index >= 15 is 0 Å². The Kier molecular flexibility index (Phi) is 5.21. The maximum absolute atomic E-state index is 8.96. The van der Waals surface area contributed by atoms with Crippen LogP contribution in [-0.4, -0.2) is 24.2 Å². The van der Waals surface area contributed by atoms with Crippen molar-refractivity contribution in [2.75, 3.05) is 13.1 Å². The quantitative estimate of drug-likeness (QED) is 0.536. The molecule has 1 aliphatic carbocycles. The Morgan fingerprint density at radius 3 is 2.53 bits per heavy atom. The minimum atomic E-state index is 0.0965. The molecule has 0 heterocycles. The van der Waals surface area contributed by atoms with Crippen molar-refractivity contribution in [2.24, 2.45) is 16.6 Å². The Bertz CT molecular complexity index is 410. The highest BCUT2D eigenvalue weighted by Crippen LogP contribution is 2.26. The number of hydrogen-bond donors (Lipinski definition) is 3. The van der Waals surface area contributed by atoms with Gasteiger partial charge in [0, 0.05) is 13.1 Å². The number of nitrogens with one attached hydrogen (secondary N) is 1. The van der Waals surface area contributed by atoms with E-state index in [0.29, 0.717) is 5.96 Å². The highest BCUT2D eigenvalue weighted by Gasteiger charge is 2.16. The second-order valence-electron chi connectivity index (χ2n) is 5.17. The van der Waals surface area contributed by atoms with Crippen molar-refractivity contribution >= 4 is 5.96 Å². The van der Waals surface area contributed by atoms with Crippen molar-refractivity contribution in [3.05, 3.63) is 35.4 Å². The van der Waals surface area contributed by atoms with Crippen LogP contribution in [0, 0.1) is 5.92 Å². The van der Waals surface area contributed by atoms with E-state index in [0.717, 1.165) is 31.0 Å². The van der Waals surface area contributed by atoms with E-state index in [4.69, 9.17) is 10.8 Å². The number of benzene rings is 1. The minimum Gasteiger partial charge on any atom is -0.392 e. The number of hydrogen-bond acceptors (Lipinski definition) is 2. The summed E-state index contributed by atoms with van der Waals surface area (Å²) in [4.78, 5) is 4.35. The Labute approximate surface area is 114 Å². The third-order valence-corrected chi connectivity index (χ3v) is 3.67. The zero-order valence-corrected chi connectivity index (χ0v) is 11.3. The van der Waals surface area contributed by atoms with Gasteiger partial charge in [0.15, 0.2) is 5.96 Å². The predicted molar refractivity (Wildman–Crippen MR) is 77.9 cm³/mol. The predicted octanol–water partition coefficient (Wildman–Crippen LogP) is 1.43. The minimum absolute atomic E-state index is 0.0965. The first kappa shape index (κ1) is 13.9. The molecule has 2 rings (SSSR count). The van der Waals surface area contributed by atoms with Gasteiger partial charge in [-0.2, -0.15) is 0 Å². The van der Waals surface area contributed by atoms with E-state index in [1.54, 1.807) is 0 Å². The van der Waals surface area contributed by atoms with Crippen LogP contribution in [0.4, 0.5) is 0 Å². The third-order valence-electron chi connectivity index (χ3n) is 3.67. The van der Waals surface area contributed by atoms with Crippen LogP contribution in [0.15, 0.2) is 29.3 Å². The Balaban J connectivity index is 1.66. The van der Waals surface area contributed by atoms with Gasteiger partial charge in [0.2, 0.25) is 0 Å². The van der Waals surface area contributed by atoms with Gasteiger partial charge in [0.1, 0.15) is 0 Å². The van der Waals surface area contributed by atoms with Gasteiger partial charge in [-0.15, -0.1) is 0 Å². The molecule has 0 unspecified atom stereocenters. The first-order valence-electron chi connectivity index (χ1n) is 7.00.